The largest absolute Gasteiger partial charge is 0.469 e. The van der Waals surface area contributed by atoms with E-state index in [0.29, 0.717) is 5.92 Å². The smallest absolute Gasteiger partial charge is 0.309 e. The monoisotopic (exact) mass is 235 g/mol. The van der Waals surface area contributed by atoms with E-state index >= 15 is 0 Å². The van der Waals surface area contributed by atoms with Crippen molar-refractivity contribution in [2.75, 3.05) is 20.2 Å². The lowest BCUT2D eigenvalue weighted by Gasteiger charge is -2.37. The summed E-state index contributed by atoms with van der Waals surface area (Å²) in [4.78, 5) is 11.4. The summed E-state index contributed by atoms with van der Waals surface area (Å²) in [5.41, 5.74) is 0.264. The Labute approximate surface area is 98.4 Å². The topological polar surface area (TPSA) is 38.3 Å². The van der Waals surface area contributed by atoms with Gasteiger partial charge in [0.2, 0.25) is 0 Å². The number of hydrogen-bond acceptors (Lipinski definition) is 3. The summed E-state index contributed by atoms with van der Waals surface area (Å²) in [6.45, 7) is 8.44. The molecule has 0 bridgehead atoms. The van der Waals surface area contributed by atoms with Gasteiger partial charge in [-0.25, -0.2) is 0 Å². The van der Waals surface area contributed by atoms with Crippen molar-refractivity contribution in [3.05, 3.63) is 0 Å². The summed E-state index contributed by atoms with van der Waals surface area (Å²) < 4.78 is 4.77. The molecule has 1 fully saturated rings. The molecule has 0 spiro atoms. The summed E-state index contributed by atoms with van der Waals surface area (Å²) in [7, 11) is 1.46. The number of halogens is 1. The summed E-state index contributed by atoms with van der Waals surface area (Å²) in [6.07, 6.45) is 0.948. The van der Waals surface area contributed by atoms with Gasteiger partial charge in [0.15, 0.2) is 0 Å². The highest BCUT2D eigenvalue weighted by molar-refractivity contribution is 5.85. The Hall–Kier alpha value is -0.280. The maximum absolute atomic E-state index is 11.4. The molecule has 1 aliphatic rings. The average Bonchev–Trinajstić information content (AvgIpc) is 2.15. The van der Waals surface area contributed by atoms with Gasteiger partial charge in [-0.3, -0.25) is 4.79 Å². The fourth-order valence-corrected chi connectivity index (χ4v) is 1.95. The molecule has 90 valence electrons. The van der Waals surface area contributed by atoms with Crippen LogP contribution in [0.15, 0.2) is 0 Å². The van der Waals surface area contributed by atoms with Crippen molar-refractivity contribution < 1.29 is 9.53 Å². The SMILES string of the molecule is COC(=O)C1CNCC(C(C)(C)C)C1.Cl. The van der Waals surface area contributed by atoms with Crippen LogP contribution >= 0.6 is 12.4 Å². The molecule has 0 amide bonds. The number of piperidine rings is 1. The Kier molecular flexibility index (Phi) is 5.60. The lowest BCUT2D eigenvalue weighted by molar-refractivity contribution is -0.147. The van der Waals surface area contributed by atoms with Crippen LogP contribution in [-0.2, 0) is 9.53 Å². The molecule has 1 aliphatic heterocycles. The number of ether oxygens (including phenoxy) is 1. The number of carbonyl (C=O) groups excluding carboxylic acids is 1. The third kappa shape index (κ3) is 3.99. The molecule has 2 unspecified atom stereocenters. The molecule has 2 atom stereocenters. The normalized spacial score (nSPS) is 26.7. The lowest BCUT2D eigenvalue weighted by atomic mass is 9.74. The molecule has 0 aliphatic carbocycles. The van der Waals surface area contributed by atoms with Crippen LogP contribution in [0.3, 0.4) is 0 Å². The van der Waals surface area contributed by atoms with Crippen LogP contribution in [0.2, 0.25) is 0 Å². The summed E-state index contributed by atoms with van der Waals surface area (Å²) in [6, 6.07) is 0. The van der Waals surface area contributed by atoms with E-state index in [4.69, 9.17) is 4.74 Å². The van der Waals surface area contributed by atoms with Crippen molar-refractivity contribution >= 4 is 18.4 Å². The van der Waals surface area contributed by atoms with Gasteiger partial charge in [0.25, 0.3) is 0 Å². The maximum Gasteiger partial charge on any atom is 0.309 e. The molecule has 1 N–H and O–H groups in total. The van der Waals surface area contributed by atoms with Crippen LogP contribution in [0, 0.1) is 17.3 Å². The maximum atomic E-state index is 11.4. The Morgan fingerprint density at radius 3 is 2.40 bits per heavy atom. The fraction of sp³-hybridized carbons (Fsp3) is 0.909. The second kappa shape index (κ2) is 5.71. The molecule has 1 saturated heterocycles. The van der Waals surface area contributed by atoms with E-state index < -0.39 is 0 Å². The van der Waals surface area contributed by atoms with Crippen molar-refractivity contribution in [3.63, 3.8) is 0 Å². The Morgan fingerprint density at radius 2 is 1.93 bits per heavy atom. The van der Waals surface area contributed by atoms with Gasteiger partial charge in [0.05, 0.1) is 13.0 Å². The van der Waals surface area contributed by atoms with E-state index in [1.807, 2.05) is 0 Å². The second-order valence-electron chi connectivity index (χ2n) is 5.18. The zero-order valence-electron chi connectivity index (χ0n) is 10.0. The highest BCUT2D eigenvalue weighted by Crippen LogP contribution is 2.33. The van der Waals surface area contributed by atoms with Gasteiger partial charge in [-0.2, -0.15) is 0 Å². The van der Waals surface area contributed by atoms with Gasteiger partial charge >= 0.3 is 5.97 Å². The minimum atomic E-state index is -0.0774. The van der Waals surface area contributed by atoms with E-state index in [0.717, 1.165) is 19.5 Å². The van der Waals surface area contributed by atoms with E-state index in [1.54, 1.807) is 0 Å². The first-order valence-corrected chi connectivity index (χ1v) is 5.23. The Morgan fingerprint density at radius 1 is 1.33 bits per heavy atom. The van der Waals surface area contributed by atoms with Gasteiger partial charge in [-0.1, -0.05) is 20.8 Å². The van der Waals surface area contributed by atoms with Gasteiger partial charge in [0.1, 0.15) is 0 Å². The zero-order chi connectivity index (χ0) is 10.8. The van der Waals surface area contributed by atoms with Gasteiger partial charge in [0, 0.05) is 6.54 Å². The minimum Gasteiger partial charge on any atom is -0.469 e. The summed E-state index contributed by atoms with van der Waals surface area (Å²) in [5.74, 6) is 0.518. The van der Waals surface area contributed by atoms with Gasteiger partial charge < -0.3 is 10.1 Å². The van der Waals surface area contributed by atoms with Crippen LogP contribution in [0.1, 0.15) is 27.2 Å². The fourth-order valence-electron chi connectivity index (χ4n) is 1.95. The molecule has 3 nitrogen and oxygen atoms in total. The molecule has 4 heteroatoms. The van der Waals surface area contributed by atoms with Crippen LogP contribution in [0.25, 0.3) is 0 Å². The average molecular weight is 236 g/mol. The molecule has 1 rings (SSSR count). The number of hydrogen-bond donors (Lipinski definition) is 1. The van der Waals surface area contributed by atoms with Crippen molar-refractivity contribution in [1.82, 2.24) is 5.32 Å². The first kappa shape index (κ1) is 14.7. The highest BCUT2D eigenvalue weighted by atomic mass is 35.5. The molecule has 0 radical (unpaired) electrons. The lowest BCUT2D eigenvalue weighted by Crippen LogP contribution is -2.44. The quantitative estimate of drug-likeness (QED) is 0.705. The number of esters is 1. The molecule has 1 heterocycles. The second-order valence-corrected chi connectivity index (χ2v) is 5.18. The molecule has 0 saturated carbocycles. The van der Waals surface area contributed by atoms with E-state index in [2.05, 4.69) is 26.1 Å². The number of rotatable bonds is 1. The standard InChI is InChI=1S/C11H21NO2.ClH/c1-11(2,3)9-5-8(6-12-7-9)10(13)14-4;/h8-9,12H,5-7H2,1-4H3;1H. The third-order valence-electron chi connectivity index (χ3n) is 3.11. The van der Waals surface area contributed by atoms with Gasteiger partial charge in [-0.15, -0.1) is 12.4 Å². The van der Waals surface area contributed by atoms with Crippen LogP contribution in [-0.4, -0.2) is 26.2 Å². The third-order valence-corrected chi connectivity index (χ3v) is 3.11. The number of carbonyl (C=O) groups is 1. The molecular weight excluding hydrogens is 214 g/mol. The number of nitrogens with one attached hydrogen (secondary N) is 1. The Balaban J connectivity index is 0.00000196. The van der Waals surface area contributed by atoms with Crippen molar-refractivity contribution in [2.24, 2.45) is 17.3 Å². The molecule has 0 aromatic carbocycles. The summed E-state index contributed by atoms with van der Waals surface area (Å²) >= 11 is 0. The highest BCUT2D eigenvalue weighted by Gasteiger charge is 2.33. The Bertz CT molecular complexity index is 213. The van der Waals surface area contributed by atoms with Crippen molar-refractivity contribution in [2.45, 2.75) is 27.2 Å². The van der Waals surface area contributed by atoms with E-state index in [-0.39, 0.29) is 29.7 Å². The van der Waals surface area contributed by atoms with Gasteiger partial charge in [-0.05, 0) is 24.3 Å². The molecule has 0 aromatic rings. The summed E-state index contributed by atoms with van der Waals surface area (Å²) in [5, 5.41) is 3.31. The van der Waals surface area contributed by atoms with Crippen molar-refractivity contribution in [1.29, 1.82) is 0 Å². The predicted molar refractivity (Wildman–Crippen MR) is 63.2 cm³/mol. The zero-order valence-corrected chi connectivity index (χ0v) is 10.8. The minimum absolute atomic E-state index is 0. The van der Waals surface area contributed by atoms with Crippen molar-refractivity contribution in [3.8, 4) is 0 Å². The van der Waals surface area contributed by atoms with E-state index in [1.165, 1.54) is 7.11 Å². The van der Waals surface area contributed by atoms with Crippen LogP contribution in [0.5, 0.6) is 0 Å². The molecule has 0 aromatic heterocycles. The first-order valence-electron chi connectivity index (χ1n) is 5.23. The first-order chi connectivity index (χ1) is 6.45. The van der Waals surface area contributed by atoms with E-state index in [9.17, 15) is 4.79 Å². The van der Waals surface area contributed by atoms with Crippen LogP contribution in [0.4, 0.5) is 0 Å². The number of methoxy groups -OCH3 is 1. The molecule has 15 heavy (non-hydrogen) atoms. The predicted octanol–water partition coefficient (Wildman–Crippen LogP) is 1.85. The molecular formula is C11H22ClNO2. The van der Waals surface area contributed by atoms with Crippen LogP contribution < -0.4 is 5.32 Å².